The fraction of sp³-hybridized carbons (Fsp3) is 0.273. The lowest BCUT2D eigenvalue weighted by Crippen LogP contribution is -2.38. The van der Waals surface area contributed by atoms with Crippen LogP contribution in [0.4, 0.5) is 11.4 Å². The summed E-state index contributed by atoms with van der Waals surface area (Å²) in [4.78, 5) is 22.5. The number of thioether (sulfide) groups is 1. The maximum Gasteiger partial charge on any atom is 0.235 e. The van der Waals surface area contributed by atoms with E-state index in [0.29, 0.717) is 28.2 Å². The smallest absolute Gasteiger partial charge is 0.235 e. The summed E-state index contributed by atoms with van der Waals surface area (Å²) < 4.78 is 12.4. The molecule has 0 saturated heterocycles. The number of fused-ring (bicyclic) bond motifs is 1. The number of rotatable bonds is 6. The summed E-state index contributed by atoms with van der Waals surface area (Å²) >= 11 is 1.24. The number of nitrogens with one attached hydrogen (secondary N) is 1. The number of ether oxygens (including phenoxy) is 2. The number of amidine groups is 1. The molecule has 0 fully saturated rings. The second-order valence-corrected chi connectivity index (χ2v) is 8.15. The molecule has 170 valence electrons. The number of amides is 1. The monoisotopic (exact) mass is 465 g/mol. The Kier molecular flexibility index (Phi) is 6.68. The van der Waals surface area contributed by atoms with Crippen LogP contribution in [0.3, 0.4) is 0 Å². The van der Waals surface area contributed by atoms with Crippen molar-refractivity contribution in [1.82, 2.24) is 25.5 Å². The molecule has 1 amide bonds. The number of benzene rings is 2. The maximum atomic E-state index is 12.9. The van der Waals surface area contributed by atoms with Crippen molar-refractivity contribution in [3.63, 3.8) is 0 Å². The molecule has 0 spiro atoms. The van der Waals surface area contributed by atoms with Crippen molar-refractivity contribution in [1.29, 1.82) is 0 Å². The molecule has 0 radical (unpaired) electrons. The Hall–Kier alpha value is -3.73. The zero-order valence-corrected chi connectivity index (χ0v) is 19.5. The van der Waals surface area contributed by atoms with Crippen LogP contribution in [0.15, 0.2) is 57.6 Å². The molecule has 11 heteroatoms. The fourth-order valence-corrected chi connectivity index (χ4v) is 4.13. The van der Waals surface area contributed by atoms with E-state index in [2.05, 4.69) is 20.8 Å². The van der Waals surface area contributed by atoms with Crippen molar-refractivity contribution in [2.75, 3.05) is 20.0 Å². The van der Waals surface area contributed by atoms with Crippen molar-refractivity contribution in [3.05, 3.63) is 48.0 Å². The molecule has 0 bridgehead atoms. The van der Waals surface area contributed by atoms with E-state index in [9.17, 15) is 4.79 Å². The third-order valence-corrected chi connectivity index (χ3v) is 6.04. The summed E-state index contributed by atoms with van der Waals surface area (Å²) in [6, 6.07) is 13.2. The van der Waals surface area contributed by atoms with Gasteiger partial charge in [0.2, 0.25) is 11.1 Å². The van der Waals surface area contributed by atoms with E-state index in [-0.39, 0.29) is 17.6 Å². The molecule has 3 aromatic rings. The normalized spacial score (nSPS) is 15.1. The van der Waals surface area contributed by atoms with E-state index in [1.54, 1.807) is 21.3 Å². The van der Waals surface area contributed by atoms with Gasteiger partial charge in [-0.2, -0.15) is 0 Å². The number of nitrogens with zero attached hydrogens (tertiary/aromatic N) is 6. The highest BCUT2D eigenvalue weighted by atomic mass is 32.2. The highest BCUT2D eigenvalue weighted by Gasteiger charge is 2.27. The molecule has 0 aliphatic carbocycles. The Morgan fingerprint density at radius 1 is 1.09 bits per heavy atom. The number of carbonyl (C=O) groups is 1. The molecule has 10 nitrogen and oxygen atoms in total. The van der Waals surface area contributed by atoms with Gasteiger partial charge >= 0.3 is 0 Å². The summed E-state index contributed by atoms with van der Waals surface area (Å²) in [6.45, 7) is 1.92. The van der Waals surface area contributed by atoms with Gasteiger partial charge in [0.1, 0.15) is 5.84 Å². The van der Waals surface area contributed by atoms with Crippen molar-refractivity contribution in [3.8, 4) is 11.5 Å². The Balaban J connectivity index is 1.69. The number of aromatic nitrogens is 4. The highest BCUT2D eigenvalue weighted by Crippen LogP contribution is 2.36. The van der Waals surface area contributed by atoms with Crippen LogP contribution in [-0.4, -0.2) is 57.6 Å². The number of hydrogen-bond acceptors (Lipinski definition) is 9. The predicted molar refractivity (Wildman–Crippen MR) is 126 cm³/mol. The van der Waals surface area contributed by atoms with Crippen LogP contribution in [0.1, 0.15) is 18.4 Å². The van der Waals surface area contributed by atoms with E-state index in [4.69, 9.17) is 19.5 Å². The van der Waals surface area contributed by atoms with E-state index in [1.807, 2.05) is 49.4 Å². The van der Waals surface area contributed by atoms with E-state index >= 15 is 0 Å². The quantitative estimate of drug-likeness (QED) is 0.556. The Morgan fingerprint density at radius 3 is 2.48 bits per heavy atom. The minimum atomic E-state index is -0.386. The SMILES string of the molecule is COc1ccc(C2C(C)=Nc3ccccc3N=C2NC(=O)CSc2nnnn2C)cc1OC. The second-order valence-electron chi connectivity index (χ2n) is 7.21. The summed E-state index contributed by atoms with van der Waals surface area (Å²) in [5.74, 6) is 1.20. The summed E-state index contributed by atoms with van der Waals surface area (Å²) in [5, 5.41) is 14.8. The molecular formula is C22H23N7O3S. The molecule has 1 N–H and O–H groups in total. The molecule has 1 aliphatic rings. The van der Waals surface area contributed by atoms with Gasteiger partial charge in [-0.25, -0.2) is 9.67 Å². The Labute approximate surface area is 195 Å². The van der Waals surface area contributed by atoms with Crippen molar-refractivity contribution >= 4 is 40.6 Å². The summed E-state index contributed by atoms with van der Waals surface area (Å²) in [5.41, 5.74) is 3.08. The minimum Gasteiger partial charge on any atom is -0.493 e. The van der Waals surface area contributed by atoms with E-state index < -0.39 is 0 Å². The number of hydrogen-bond donors (Lipinski definition) is 1. The zero-order valence-electron chi connectivity index (χ0n) is 18.6. The fourth-order valence-electron chi connectivity index (χ4n) is 3.48. The zero-order chi connectivity index (χ0) is 23.4. The predicted octanol–water partition coefficient (Wildman–Crippen LogP) is 3.06. The lowest BCUT2D eigenvalue weighted by atomic mass is 9.92. The lowest BCUT2D eigenvalue weighted by molar-refractivity contribution is -0.117. The molecule has 1 aromatic heterocycles. The second kappa shape index (κ2) is 9.82. The van der Waals surface area contributed by atoms with Gasteiger partial charge in [-0.3, -0.25) is 9.79 Å². The van der Waals surface area contributed by atoms with Crippen LogP contribution >= 0.6 is 11.8 Å². The molecule has 1 atom stereocenters. The number of aryl methyl sites for hydroxylation is 1. The van der Waals surface area contributed by atoms with Gasteiger partial charge in [0.25, 0.3) is 0 Å². The van der Waals surface area contributed by atoms with Gasteiger partial charge in [-0.05, 0) is 47.2 Å². The van der Waals surface area contributed by atoms with Gasteiger partial charge in [-0.1, -0.05) is 30.0 Å². The van der Waals surface area contributed by atoms with Crippen LogP contribution in [0.25, 0.3) is 0 Å². The van der Waals surface area contributed by atoms with Gasteiger partial charge in [0, 0.05) is 12.8 Å². The molecule has 1 aliphatic heterocycles. The van der Waals surface area contributed by atoms with Gasteiger partial charge in [0.05, 0.1) is 37.3 Å². The first-order valence-corrected chi connectivity index (χ1v) is 11.1. The van der Waals surface area contributed by atoms with Crippen LogP contribution in [0, 0.1) is 0 Å². The van der Waals surface area contributed by atoms with Crippen molar-refractivity contribution < 1.29 is 14.3 Å². The minimum absolute atomic E-state index is 0.129. The van der Waals surface area contributed by atoms with Gasteiger partial charge in [-0.15, -0.1) is 5.10 Å². The molecular weight excluding hydrogens is 442 g/mol. The molecule has 2 heterocycles. The number of tetrazole rings is 1. The van der Waals surface area contributed by atoms with Gasteiger partial charge < -0.3 is 14.8 Å². The standard InChI is InChI=1S/C22H23N7O3S/c1-13-20(14-9-10-17(31-3)18(11-14)32-4)21(24-16-8-6-5-7-15(16)23-13)25-19(30)12-33-22-26-27-28-29(22)2/h5-11,20H,12H2,1-4H3,(H,24,25,30). The Bertz CT molecular complexity index is 1240. The third kappa shape index (κ3) is 4.87. The number of carbonyl (C=O) groups excluding carboxylic acids is 1. The molecule has 33 heavy (non-hydrogen) atoms. The van der Waals surface area contributed by atoms with Crippen LogP contribution in [-0.2, 0) is 11.8 Å². The van der Waals surface area contributed by atoms with Crippen molar-refractivity contribution in [2.24, 2.45) is 17.0 Å². The molecule has 2 aromatic carbocycles. The molecule has 1 unspecified atom stereocenters. The van der Waals surface area contributed by atoms with E-state index in [1.165, 1.54) is 16.4 Å². The largest absolute Gasteiger partial charge is 0.493 e. The number of methoxy groups -OCH3 is 2. The average Bonchev–Trinajstić information content (AvgIpc) is 3.17. The average molecular weight is 466 g/mol. The number of para-hydroxylation sites is 2. The van der Waals surface area contributed by atoms with Crippen molar-refractivity contribution in [2.45, 2.75) is 18.0 Å². The van der Waals surface area contributed by atoms with Gasteiger partial charge in [0.15, 0.2) is 11.5 Å². The lowest BCUT2D eigenvalue weighted by Gasteiger charge is -2.20. The first-order chi connectivity index (χ1) is 16.0. The first-order valence-electron chi connectivity index (χ1n) is 10.1. The highest BCUT2D eigenvalue weighted by molar-refractivity contribution is 7.99. The topological polar surface area (TPSA) is 116 Å². The molecule has 4 rings (SSSR count). The maximum absolute atomic E-state index is 12.9. The summed E-state index contributed by atoms with van der Waals surface area (Å²) in [7, 11) is 4.89. The third-order valence-electron chi connectivity index (χ3n) is 5.03. The summed E-state index contributed by atoms with van der Waals surface area (Å²) in [6.07, 6.45) is 0. The van der Waals surface area contributed by atoms with Crippen LogP contribution < -0.4 is 14.8 Å². The Morgan fingerprint density at radius 2 is 1.82 bits per heavy atom. The number of aliphatic imine (C=N–C) groups is 2. The van der Waals surface area contributed by atoms with Crippen LogP contribution in [0.5, 0.6) is 11.5 Å². The first kappa shape index (κ1) is 22.5. The van der Waals surface area contributed by atoms with Crippen LogP contribution in [0.2, 0.25) is 0 Å². The van der Waals surface area contributed by atoms with E-state index in [0.717, 1.165) is 17.0 Å². The molecule has 0 saturated carbocycles.